The minimum absolute atomic E-state index is 0.177. The van der Waals surface area contributed by atoms with Crippen LogP contribution in [0.25, 0.3) is 0 Å². The summed E-state index contributed by atoms with van der Waals surface area (Å²) in [5.74, 6) is -0.889. The maximum absolute atomic E-state index is 11.0. The van der Waals surface area contributed by atoms with Crippen LogP contribution in [0, 0.1) is 0 Å². The number of hydrogen-bond acceptors (Lipinski definition) is 5. The van der Waals surface area contributed by atoms with E-state index >= 15 is 0 Å². The van der Waals surface area contributed by atoms with Crippen LogP contribution < -0.4 is 11.1 Å². The minimum Gasteiger partial charge on any atom is -0.504 e. The van der Waals surface area contributed by atoms with Gasteiger partial charge in [-0.05, 0) is 55.2 Å². The first-order valence-electron chi connectivity index (χ1n) is 8.19. The highest BCUT2D eigenvalue weighted by Crippen LogP contribution is 2.27. The highest BCUT2D eigenvalue weighted by atomic mass is 16.3. The normalized spacial score (nSPS) is 13.4. The van der Waals surface area contributed by atoms with Crippen molar-refractivity contribution in [3.63, 3.8) is 0 Å². The van der Waals surface area contributed by atoms with Gasteiger partial charge in [0.1, 0.15) is 0 Å². The van der Waals surface area contributed by atoms with Crippen LogP contribution in [-0.4, -0.2) is 33.8 Å². The molecule has 0 saturated heterocycles. The number of nitrogens with two attached hydrogens (primary N) is 1. The van der Waals surface area contributed by atoms with E-state index in [2.05, 4.69) is 5.32 Å². The smallest absolute Gasteiger partial charge is 0.248 e. The van der Waals surface area contributed by atoms with Crippen LogP contribution in [-0.2, 0) is 6.42 Å². The van der Waals surface area contributed by atoms with Crippen molar-refractivity contribution in [1.82, 2.24) is 5.32 Å². The number of aryl methyl sites for hydroxylation is 1. The molecule has 0 heterocycles. The molecule has 0 aliphatic rings. The Morgan fingerprint density at radius 3 is 2.40 bits per heavy atom. The Kier molecular flexibility index (Phi) is 6.38. The summed E-state index contributed by atoms with van der Waals surface area (Å²) in [6, 6.07) is 11.7. The van der Waals surface area contributed by atoms with E-state index in [1.165, 1.54) is 12.1 Å². The number of aromatic hydroxyl groups is 2. The zero-order valence-corrected chi connectivity index (χ0v) is 14.1. The van der Waals surface area contributed by atoms with Crippen LogP contribution in [0.2, 0.25) is 0 Å². The quantitative estimate of drug-likeness (QED) is 0.469. The topological polar surface area (TPSA) is 116 Å². The van der Waals surface area contributed by atoms with Crippen molar-refractivity contribution in [3.8, 4) is 11.5 Å². The summed E-state index contributed by atoms with van der Waals surface area (Å²) in [6.45, 7) is 2.37. The van der Waals surface area contributed by atoms with Gasteiger partial charge in [-0.1, -0.05) is 18.2 Å². The van der Waals surface area contributed by atoms with Gasteiger partial charge in [-0.25, -0.2) is 0 Å². The molecule has 2 rings (SSSR count). The maximum Gasteiger partial charge on any atom is 0.248 e. The molecule has 0 aliphatic carbocycles. The van der Waals surface area contributed by atoms with E-state index in [4.69, 9.17) is 5.73 Å². The number of phenols is 2. The average molecular weight is 344 g/mol. The number of hydrogen-bond donors (Lipinski definition) is 5. The number of aliphatic hydroxyl groups is 1. The van der Waals surface area contributed by atoms with Gasteiger partial charge in [0.2, 0.25) is 5.91 Å². The summed E-state index contributed by atoms with van der Waals surface area (Å²) >= 11 is 0. The molecule has 0 fully saturated rings. The fraction of sp³-hybridized carbons (Fsp3) is 0.316. The van der Waals surface area contributed by atoms with Gasteiger partial charge in [0, 0.05) is 18.2 Å². The molecule has 2 atom stereocenters. The monoisotopic (exact) mass is 344 g/mol. The number of carbonyl (C=O) groups excluding carboxylic acids is 1. The lowest BCUT2D eigenvalue weighted by atomic mass is 10.0. The molecule has 1 unspecified atom stereocenters. The summed E-state index contributed by atoms with van der Waals surface area (Å²) < 4.78 is 0. The van der Waals surface area contributed by atoms with E-state index in [1.54, 1.807) is 18.2 Å². The number of amides is 1. The van der Waals surface area contributed by atoms with Crippen LogP contribution >= 0.6 is 0 Å². The van der Waals surface area contributed by atoms with Crippen LogP contribution in [0.15, 0.2) is 42.5 Å². The number of nitrogens with one attached hydrogen (secondary N) is 1. The molecule has 6 heteroatoms. The van der Waals surface area contributed by atoms with Crippen LogP contribution in [0.5, 0.6) is 11.5 Å². The van der Waals surface area contributed by atoms with Crippen molar-refractivity contribution in [3.05, 3.63) is 59.2 Å². The molecule has 6 nitrogen and oxygen atoms in total. The number of phenolic OH excluding ortho intramolecular Hbond substituents is 2. The zero-order chi connectivity index (χ0) is 18.4. The van der Waals surface area contributed by atoms with Gasteiger partial charge in [0.15, 0.2) is 11.5 Å². The number of primary amides is 1. The maximum atomic E-state index is 11.0. The summed E-state index contributed by atoms with van der Waals surface area (Å²) in [5, 5.41) is 32.2. The van der Waals surface area contributed by atoms with Gasteiger partial charge >= 0.3 is 0 Å². The molecule has 0 bridgehead atoms. The number of aliphatic hydroxyl groups excluding tert-OH is 1. The zero-order valence-electron chi connectivity index (χ0n) is 14.1. The van der Waals surface area contributed by atoms with Gasteiger partial charge in [-0.15, -0.1) is 0 Å². The molecule has 6 N–H and O–H groups in total. The highest BCUT2D eigenvalue weighted by Gasteiger charge is 2.12. The molecule has 0 spiro atoms. The molecule has 134 valence electrons. The molecule has 0 radical (unpaired) electrons. The van der Waals surface area contributed by atoms with Crippen molar-refractivity contribution in [1.29, 1.82) is 0 Å². The number of rotatable bonds is 8. The molecular formula is C19H24N2O4. The van der Waals surface area contributed by atoms with Gasteiger partial charge < -0.3 is 26.4 Å². The standard InChI is InChI=1S/C19H24N2O4/c1-12(2-3-13-4-6-14(7-5-13)19(20)25)21-11-18(24)15-8-9-16(22)17(23)10-15/h4-10,12,18,21-24H,2-3,11H2,1H3,(H2,20,25)/t12?,18-/m1/s1. The lowest BCUT2D eigenvalue weighted by Gasteiger charge is -2.18. The van der Waals surface area contributed by atoms with Gasteiger partial charge in [-0.3, -0.25) is 4.79 Å². The lowest BCUT2D eigenvalue weighted by Crippen LogP contribution is -2.30. The van der Waals surface area contributed by atoms with Crippen molar-refractivity contribution < 1.29 is 20.1 Å². The fourth-order valence-corrected chi connectivity index (χ4v) is 2.50. The Hall–Kier alpha value is -2.57. The molecule has 0 aliphatic heterocycles. The fourth-order valence-electron chi connectivity index (χ4n) is 2.50. The summed E-state index contributed by atoms with van der Waals surface area (Å²) in [7, 11) is 0. The van der Waals surface area contributed by atoms with Crippen molar-refractivity contribution in [2.75, 3.05) is 6.54 Å². The van der Waals surface area contributed by atoms with E-state index in [0.717, 1.165) is 18.4 Å². The van der Waals surface area contributed by atoms with E-state index in [-0.39, 0.29) is 17.5 Å². The minimum atomic E-state index is -0.774. The molecule has 1 amide bonds. The lowest BCUT2D eigenvalue weighted by molar-refractivity contribution is 0.1000. The van der Waals surface area contributed by atoms with E-state index in [9.17, 15) is 20.1 Å². The Bertz CT molecular complexity index is 716. The average Bonchev–Trinajstić information content (AvgIpc) is 2.60. The number of benzene rings is 2. The van der Waals surface area contributed by atoms with Crippen molar-refractivity contribution >= 4 is 5.91 Å². The van der Waals surface area contributed by atoms with E-state index in [0.29, 0.717) is 17.7 Å². The first-order valence-corrected chi connectivity index (χ1v) is 8.19. The first-order chi connectivity index (χ1) is 11.9. The third-order valence-electron chi connectivity index (χ3n) is 4.15. The Balaban J connectivity index is 1.78. The predicted octanol–water partition coefficient (Wildman–Crippen LogP) is 1.84. The number of carbonyl (C=O) groups is 1. The molecule has 0 aromatic heterocycles. The predicted molar refractivity (Wildman–Crippen MR) is 95.5 cm³/mol. The molecule has 0 saturated carbocycles. The molecular weight excluding hydrogens is 320 g/mol. The van der Waals surface area contributed by atoms with Crippen molar-refractivity contribution in [2.24, 2.45) is 5.73 Å². The summed E-state index contributed by atoms with van der Waals surface area (Å²) in [5.41, 5.74) is 7.37. The Morgan fingerprint density at radius 2 is 1.80 bits per heavy atom. The van der Waals surface area contributed by atoms with Crippen LogP contribution in [0.3, 0.4) is 0 Å². The SMILES string of the molecule is CC(CCc1ccc(C(N)=O)cc1)NC[C@@H](O)c1ccc(O)c(O)c1. The highest BCUT2D eigenvalue weighted by molar-refractivity contribution is 5.92. The van der Waals surface area contributed by atoms with Gasteiger partial charge in [0.25, 0.3) is 0 Å². The van der Waals surface area contributed by atoms with E-state index in [1.807, 2.05) is 19.1 Å². The van der Waals surface area contributed by atoms with Crippen LogP contribution in [0.4, 0.5) is 0 Å². The molecule has 2 aromatic rings. The summed E-state index contributed by atoms with van der Waals surface area (Å²) in [4.78, 5) is 11.0. The molecule has 2 aromatic carbocycles. The van der Waals surface area contributed by atoms with Gasteiger partial charge in [-0.2, -0.15) is 0 Å². The van der Waals surface area contributed by atoms with Crippen molar-refractivity contribution in [2.45, 2.75) is 31.9 Å². The largest absolute Gasteiger partial charge is 0.504 e. The first kappa shape index (κ1) is 18.8. The Morgan fingerprint density at radius 1 is 1.12 bits per heavy atom. The second-order valence-corrected chi connectivity index (χ2v) is 6.17. The third-order valence-corrected chi connectivity index (χ3v) is 4.15. The Labute approximate surface area is 146 Å². The third kappa shape index (κ3) is 5.48. The second kappa shape index (κ2) is 8.50. The summed E-state index contributed by atoms with van der Waals surface area (Å²) in [6.07, 6.45) is 0.927. The molecule has 25 heavy (non-hydrogen) atoms. The van der Waals surface area contributed by atoms with Crippen LogP contribution in [0.1, 0.15) is 40.9 Å². The van der Waals surface area contributed by atoms with Gasteiger partial charge in [0.05, 0.1) is 6.10 Å². The second-order valence-electron chi connectivity index (χ2n) is 6.17. The van der Waals surface area contributed by atoms with E-state index < -0.39 is 12.0 Å².